The zero-order valence-corrected chi connectivity index (χ0v) is 24.0. The van der Waals surface area contributed by atoms with E-state index in [1.807, 2.05) is 0 Å². The molecule has 2 aliphatic heterocycles. The minimum Gasteiger partial charge on any atom is -0.366 e. The van der Waals surface area contributed by atoms with Gasteiger partial charge < -0.3 is 9.80 Å². The molecule has 0 fully saturated rings. The van der Waals surface area contributed by atoms with Gasteiger partial charge in [0.1, 0.15) is 0 Å². The van der Waals surface area contributed by atoms with Crippen LogP contribution in [0.4, 0.5) is 11.4 Å². The number of benzene rings is 2. The van der Waals surface area contributed by atoms with Crippen molar-refractivity contribution >= 4 is 38.5 Å². The largest absolute Gasteiger partial charge is 0.366 e. The maximum Gasteiger partial charge on any atom is 0.0457 e. The minimum absolute atomic E-state index is 0.766. The summed E-state index contributed by atoms with van der Waals surface area (Å²) in [6, 6.07) is 16.1. The number of rotatable bonds is 12. The first kappa shape index (κ1) is 26.3. The van der Waals surface area contributed by atoms with Crippen LogP contribution in [0.15, 0.2) is 46.9 Å². The van der Waals surface area contributed by atoms with Crippen LogP contribution in [-0.2, 0) is 0 Å². The van der Waals surface area contributed by atoms with Gasteiger partial charge in [-0.15, -0.1) is 0 Å². The third kappa shape index (κ3) is 5.98. The Morgan fingerprint density at radius 3 is 1.83 bits per heavy atom. The summed E-state index contributed by atoms with van der Waals surface area (Å²) >= 11 is 3.76. The van der Waals surface area contributed by atoms with Gasteiger partial charge in [0.15, 0.2) is 0 Å². The summed E-state index contributed by atoms with van der Waals surface area (Å²) in [5, 5.41) is 0. The van der Waals surface area contributed by atoms with Gasteiger partial charge in [-0.3, -0.25) is 0 Å². The highest BCUT2D eigenvalue weighted by Crippen LogP contribution is 2.46. The molecule has 35 heavy (non-hydrogen) atoms. The summed E-state index contributed by atoms with van der Waals surface area (Å²) in [6.45, 7) is 13.8. The van der Waals surface area contributed by atoms with Crippen molar-refractivity contribution in [2.75, 3.05) is 36.0 Å². The molecular formula is C32H45BrN2. The summed E-state index contributed by atoms with van der Waals surface area (Å²) in [7, 11) is 0. The van der Waals surface area contributed by atoms with Crippen molar-refractivity contribution in [3.63, 3.8) is 0 Å². The fraction of sp³-hybridized carbons (Fsp3) is 0.562. The van der Waals surface area contributed by atoms with Crippen LogP contribution in [0.1, 0.15) is 90.2 Å². The second kappa shape index (κ2) is 12.5. The van der Waals surface area contributed by atoms with Gasteiger partial charge in [-0.05, 0) is 54.0 Å². The van der Waals surface area contributed by atoms with Crippen molar-refractivity contribution in [3.8, 4) is 0 Å². The predicted octanol–water partition coefficient (Wildman–Crippen LogP) is 9.43. The Hall–Kier alpha value is -1.74. The van der Waals surface area contributed by atoms with Gasteiger partial charge in [-0.1, -0.05) is 106 Å². The van der Waals surface area contributed by atoms with Gasteiger partial charge in [0.25, 0.3) is 0 Å². The van der Waals surface area contributed by atoms with Crippen LogP contribution < -0.4 is 9.80 Å². The lowest BCUT2D eigenvalue weighted by Crippen LogP contribution is -2.28. The highest BCUT2D eigenvalue weighted by Gasteiger charge is 2.33. The number of para-hydroxylation sites is 1. The second-order valence-corrected chi connectivity index (χ2v) is 11.6. The maximum atomic E-state index is 3.76. The quantitative estimate of drug-likeness (QED) is 0.266. The molecule has 4 rings (SSSR count). The number of halogens is 1. The topological polar surface area (TPSA) is 6.48 Å². The van der Waals surface area contributed by atoms with Crippen molar-refractivity contribution in [1.82, 2.24) is 0 Å². The summed E-state index contributed by atoms with van der Waals surface area (Å²) in [6.07, 6.45) is 10.5. The Kier molecular flexibility index (Phi) is 9.39. The van der Waals surface area contributed by atoms with Gasteiger partial charge in [0.2, 0.25) is 0 Å². The lowest BCUT2D eigenvalue weighted by molar-refractivity contribution is 0.451. The van der Waals surface area contributed by atoms with Crippen LogP contribution in [0.2, 0.25) is 0 Å². The average Bonchev–Trinajstić information content (AvgIpc) is 3.41. The number of hydrogen-bond acceptors (Lipinski definition) is 2. The zero-order valence-electron chi connectivity index (χ0n) is 22.5. The van der Waals surface area contributed by atoms with E-state index in [9.17, 15) is 0 Å². The molecule has 0 aromatic heterocycles. The van der Waals surface area contributed by atoms with Gasteiger partial charge in [-0.2, -0.15) is 0 Å². The lowest BCUT2D eigenvalue weighted by atomic mass is 9.97. The van der Waals surface area contributed by atoms with E-state index >= 15 is 0 Å². The van der Waals surface area contributed by atoms with Crippen LogP contribution in [-0.4, -0.2) is 26.2 Å². The first-order valence-corrected chi connectivity index (χ1v) is 15.0. The molecule has 2 aliphatic rings. The summed E-state index contributed by atoms with van der Waals surface area (Å²) in [4.78, 5) is 5.35. The van der Waals surface area contributed by atoms with Crippen molar-refractivity contribution in [2.24, 2.45) is 11.8 Å². The highest BCUT2D eigenvalue weighted by molar-refractivity contribution is 9.10. The first-order chi connectivity index (χ1) is 17.1. The van der Waals surface area contributed by atoms with E-state index < -0.39 is 0 Å². The molecule has 2 nitrogen and oxygen atoms in total. The van der Waals surface area contributed by atoms with E-state index in [-0.39, 0.29) is 0 Å². The molecular weight excluding hydrogens is 492 g/mol. The van der Waals surface area contributed by atoms with Crippen LogP contribution in [0.5, 0.6) is 0 Å². The zero-order chi connectivity index (χ0) is 24.8. The second-order valence-electron chi connectivity index (χ2n) is 10.7. The van der Waals surface area contributed by atoms with Crippen molar-refractivity contribution in [3.05, 3.63) is 58.1 Å². The van der Waals surface area contributed by atoms with E-state index in [0.717, 1.165) is 31.5 Å². The number of hydrogen-bond donors (Lipinski definition) is 0. The number of nitrogens with zero attached hydrogens (tertiary/aromatic N) is 2. The van der Waals surface area contributed by atoms with E-state index in [0.29, 0.717) is 0 Å². The van der Waals surface area contributed by atoms with Crippen molar-refractivity contribution in [1.29, 1.82) is 0 Å². The van der Waals surface area contributed by atoms with Crippen LogP contribution in [0.3, 0.4) is 0 Å². The predicted molar refractivity (Wildman–Crippen MR) is 158 cm³/mol. The molecule has 190 valence electrons. The molecule has 2 heterocycles. The number of unbranched alkanes of at least 4 members (excludes halogenated alkanes) is 2. The van der Waals surface area contributed by atoms with Gasteiger partial charge in [0.05, 0.1) is 0 Å². The normalized spacial score (nSPS) is 18.7. The molecule has 2 aromatic carbocycles. The van der Waals surface area contributed by atoms with Crippen LogP contribution >= 0.6 is 15.9 Å². The van der Waals surface area contributed by atoms with Crippen LogP contribution in [0, 0.1) is 11.8 Å². The molecule has 2 atom stereocenters. The van der Waals surface area contributed by atoms with E-state index in [1.165, 1.54) is 84.9 Å². The monoisotopic (exact) mass is 536 g/mol. The van der Waals surface area contributed by atoms with E-state index in [4.69, 9.17) is 0 Å². The SMILES string of the molecule is CCCCC(CC)CN1C/C(=C2\CN(CC(CC)CCCC)c3cc(Br)ccc32)c2ccccc21. The number of anilines is 2. The molecule has 0 N–H and O–H groups in total. The molecule has 0 saturated carbocycles. The molecule has 2 aromatic rings. The Balaban J connectivity index is 1.66. The molecule has 3 heteroatoms. The van der Waals surface area contributed by atoms with Crippen LogP contribution in [0.25, 0.3) is 11.1 Å². The molecule has 2 unspecified atom stereocenters. The maximum absolute atomic E-state index is 3.76. The van der Waals surface area contributed by atoms with E-state index in [1.54, 1.807) is 11.1 Å². The smallest absolute Gasteiger partial charge is 0.0457 e. The molecule has 0 amide bonds. The lowest BCUT2D eigenvalue weighted by Gasteiger charge is -2.26. The molecule has 0 saturated heterocycles. The molecule has 0 spiro atoms. The first-order valence-electron chi connectivity index (χ1n) is 14.2. The Bertz CT molecular complexity index is 1010. The fourth-order valence-electron chi connectivity index (χ4n) is 6.05. The summed E-state index contributed by atoms with van der Waals surface area (Å²) < 4.78 is 1.18. The molecule has 0 radical (unpaired) electrons. The Morgan fingerprint density at radius 2 is 1.26 bits per heavy atom. The molecule has 0 bridgehead atoms. The highest BCUT2D eigenvalue weighted by atomic mass is 79.9. The van der Waals surface area contributed by atoms with Crippen molar-refractivity contribution < 1.29 is 0 Å². The van der Waals surface area contributed by atoms with Gasteiger partial charge in [-0.25, -0.2) is 0 Å². The summed E-state index contributed by atoms with van der Waals surface area (Å²) in [5.74, 6) is 1.54. The average molecular weight is 538 g/mol. The van der Waals surface area contributed by atoms with Gasteiger partial charge in [0, 0.05) is 53.2 Å². The standard InChI is InChI=1S/C32H45BrN2/c1-5-9-13-24(7-3)20-34-22-29(27-15-11-12-16-31(27)34)30-23-35(21-25(8-4)14-10-6-2)32-19-26(33)17-18-28(30)32/h11-12,15-19,24-25H,5-10,13-14,20-23H2,1-4H3/b30-29-. The summed E-state index contributed by atoms with van der Waals surface area (Å²) in [5.41, 5.74) is 8.87. The van der Waals surface area contributed by atoms with E-state index in [2.05, 4.69) is 95.9 Å². The van der Waals surface area contributed by atoms with Crippen molar-refractivity contribution in [2.45, 2.75) is 79.1 Å². The Morgan fingerprint density at radius 1 is 0.714 bits per heavy atom. The fourth-order valence-corrected chi connectivity index (χ4v) is 6.40. The third-order valence-electron chi connectivity index (χ3n) is 8.30. The number of fused-ring (bicyclic) bond motifs is 2. The Labute approximate surface area is 222 Å². The minimum atomic E-state index is 0.766. The molecule has 0 aliphatic carbocycles. The van der Waals surface area contributed by atoms with Gasteiger partial charge >= 0.3 is 0 Å². The third-order valence-corrected chi connectivity index (χ3v) is 8.79.